The van der Waals surface area contributed by atoms with E-state index in [9.17, 15) is 0 Å². The first kappa shape index (κ1) is 20.0. The van der Waals surface area contributed by atoms with Crippen LogP contribution in [0.1, 0.15) is 39.5 Å². The summed E-state index contributed by atoms with van der Waals surface area (Å²) in [7, 11) is 0. The van der Waals surface area contributed by atoms with Crippen molar-refractivity contribution < 1.29 is 0 Å². The van der Waals surface area contributed by atoms with E-state index in [0.29, 0.717) is 18.1 Å². The minimum absolute atomic E-state index is 0.314. The average molecular weight is 394 g/mol. The van der Waals surface area contributed by atoms with Crippen LogP contribution < -0.4 is 0 Å². The van der Waals surface area contributed by atoms with E-state index in [1.165, 1.54) is 18.5 Å². The normalized spacial score (nSPS) is 28.8. The molecule has 0 bridgehead atoms. The smallest absolute Gasteiger partial charge is 0.124 e. The molecule has 4 rings (SSSR count). The molecule has 4 aliphatic rings. The highest BCUT2D eigenvalue weighted by molar-refractivity contribution is 5.61. The molecule has 3 unspecified atom stereocenters. The number of rotatable bonds is 5. The van der Waals surface area contributed by atoms with Gasteiger partial charge in [0.1, 0.15) is 12.2 Å². The van der Waals surface area contributed by atoms with Crippen LogP contribution in [0.25, 0.3) is 0 Å². The van der Waals surface area contributed by atoms with Gasteiger partial charge in [-0.25, -0.2) is 5.01 Å². The van der Waals surface area contributed by atoms with Crippen LogP contribution in [-0.2, 0) is 0 Å². The zero-order chi connectivity index (χ0) is 20.2. The Kier molecular flexibility index (Phi) is 6.24. The predicted octanol–water partition coefficient (Wildman–Crippen LogP) is 3.92. The van der Waals surface area contributed by atoms with Gasteiger partial charge in [-0.1, -0.05) is 50.0 Å². The molecule has 3 atom stereocenters. The summed E-state index contributed by atoms with van der Waals surface area (Å²) in [5.74, 6) is 0.991. The van der Waals surface area contributed by atoms with Gasteiger partial charge in [0.15, 0.2) is 0 Å². The molecule has 2 heterocycles. The fourth-order valence-electron chi connectivity index (χ4n) is 4.57. The SMILES string of the molecule is C=C1N(C2C=CC(N3CCN(C4C=CC=CCC4)CC3)=CC2)C=NN1C(C)CC. The van der Waals surface area contributed by atoms with Gasteiger partial charge in [-0.3, -0.25) is 4.90 Å². The van der Waals surface area contributed by atoms with Gasteiger partial charge in [0.25, 0.3) is 0 Å². The highest BCUT2D eigenvalue weighted by atomic mass is 15.6. The highest BCUT2D eigenvalue weighted by Gasteiger charge is 2.29. The molecule has 2 aliphatic heterocycles. The van der Waals surface area contributed by atoms with E-state index in [0.717, 1.165) is 44.8 Å². The van der Waals surface area contributed by atoms with Crippen molar-refractivity contribution in [1.82, 2.24) is 19.7 Å². The summed E-state index contributed by atoms with van der Waals surface area (Å²) in [6.07, 6.45) is 22.5. The summed E-state index contributed by atoms with van der Waals surface area (Å²) in [4.78, 5) is 7.39. The maximum absolute atomic E-state index is 4.57. The summed E-state index contributed by atoms with van der Waals surface area (Å²) in [5, 5.41) is 6.61. The topological polar surface area (TPSA) is 25.3 Å². The van der Waals surface area contributed by atoms with E-state index in [-0.39, 0.29) is 0 Å². The molecule has 1 fully saturated rings. The largest absolute Gasteiger partial charge is 0.369 e. The Morgan fingerprint density at radius 2 is 1.97 bits per heavy atom. The standard InChI is InChI=1S/C24H35N5/c1-4-20(2)29-21(3)28(19-25-29)24-13-11-23(12-14-24)27-17-15-26(16-18-27)22-9-7-5-6-8-10-22/h5-7,9,11-13,19-20,22,24H,3-4,8,10,14-18H2,1-2H3. The van der Waals surface area contributed by atoms with E-state index in [2.05, 4.69) is 82.8 Å². The van der Waals surface area contributed by atoms with Crippen LogP contribution in [0, 0.1) is 0 Å². The van der Waals surface area contributed by atoms with Crippen molar-refractivity contribution in [2.45, 2.75) is 57.7 Å². The molecule has 1 saturated heterocycles. The molecule has 0 amide bonds. The second-order valence-corrected chi connectivity index (χ2v) is 8.43. The summed E-state index contributed by atoms with van der Waals surface area (Å²) >= 11 is 0. The van der Waals surface area contributed by atoms with Crippen LogP contribution in [-0.4, -0.2) is 70.4 Å². The third-order valence-corrected chi connectivity index (χ3v) is 6.64. The van der Waals surface area contributed by atoms with Gasteiger partial charge in [0.2, 0.25) is 0 Å². The van der Waals surface area contributed by atoms with E-state index in [1.54, 1.807) is 0 Å². The van der Waals surface area contributed by atoms with E-state index in [1.807, 2.05) is 11.3 Å². The monoisotopic (exact) mass is 393 g/mol. The van der Waals surface area contributed by atoms with Crippen molar-refractivity contribution in [1.29, 1.82) is 0 Å². The molecule has 0 aromatic carbocycles. The number of piperazine rings is 1. The molecule has 0 saturated carbocycles. The summed E-state index contributed by atoms with van der Waals surface area (Å²) < 4.78 is 0. The van der Waals surface area contributed by atoms with Gasteiger partial charge < -0.3 is 9.80 Å². The van der Waals surface area contributed by atoms with Gasteiger partial charge in [-0.15, -0.1) is 0 Å². The van der Waals surface area contributed by atoms with Crippen molar-refractivity contribution in [2.75, 3.05) is 26.2 Å². The lowest BCUT2D eigenvalue weighted by molar-refractivity contribution is 0.132. The lowest BCUT2D eigenvalue weighted by Crippen LogP contribution is -2.49. The Morgan fingerprint density at radius 1 is 1.14 bits per heavy atom. The molecule has 5 heteroatoms. The van der Waals surface area contributed by atoms with Crippen molar-refractivity contribution in [2.24, 2.45) is 5.10 Å². The van der Waals surface area contributed by atoms with Crippen LogP contribution in [0.5, 0.6) is 0 Å². The summed E-state index contributed by atoms with van der Waals surface area (Å²) in [6, 6.07) is 1.30. The zero-order valence-electron chi connectivity index (χ0n) is 18.0. The number of hydrogen-bond acceptors (Lipinski definition) is 5. The minimum Gasteiger partial charge on any atom is -0.369 e. The molecule has 0 aromatic rings. The highest BCUT2D eigenvalue weighted by Crippen LogP contribution is 2.27. The Balaban J connectivity index is 1.28. The van der Waals surface area contributed by atoms with Crippen molar-refractivity contribution in [3.63, 3.8) is 0 Å². The number of nitrogens with zero attached hydrogens (tertiary/aromatic N) is 5. The molecule has 0 N–H and O–H groups in total. The van der Waals surface area contributed by atoms with Gasteiger partial charge >= 0.3 is 0 Å². The fourth-order valence-corrected chi connectivity index (χ4v) is 4.57. The van der Waals surface area contributed by atoms with E-state index < -0.39 is 0 Å². The molecule has 156 valence electrons. The van der Waals surface area contributed by atoms with Crippen LogP contribution in [0.2, 0.25) is 0 Å². The zero-order valence-corrected chi connectivity index (χ0v) is 18.0. The Bertz CT molecular complexity index is 738. The number of allylic oxidation sites excluding steroid dienone is 4. The first-order valence-electron chi connectivity index (χ1n) is 11.2. The second kappa shape index (κ2) is 9.04. The lowest BCUT2D eigenvalue weighted by Gasteiger charge is -2.40. The summed E-state index contributed by atoms with van der Waals surface area (Å²) in [5.41, 5.74) is 1.37. The number of hydrogen-bond donors (Lipinski definition) is 0. The average Bonchev–Trinajstić information content (AvgIpc) is 2.97. The third-order valence-electron chi connectivity index (χ3n) is 6.64. The Hall–Kier alpha value is -2.27. The molecule has 0 aromatic heterocycles. The van der Waals surface area contributed by atoms with Crippen molar-refractivity contribution in [3.05, 3.63) is 60.6 Å². The molecule has 29 heavy (non-hydrogen) atoms. The first-order valence-corrected chi connectivity index (χ1v) is 11.2. The molecule has 5 nitrogen and oxygen atoms in total. The Labute approximate surface area is 176 Å². The van der Waals surface area contributed by atoms with Crippen molar-refractivity contribution >= 4 is 6.34 Å². The number of hydrazone groups is 1. The maximum Gasteiger partial charge on any atom is 0.124 e. The van der Waals surface area contributed by atoms with Crippen LogP contribution >= 0.6 is 0 Å². The predicted molar refractivity (Wildman–Crippen MR) is 121 cm³/mol. The first-order chi connectivity index (χ1) is 14.2. The van der Waals surface area contributed by atoms with E-state index in [4.69, 9.17) is 0 Å². The Morgan fingerprint density at radius 3 is 2.69 bits per heavy atom. The minimum atomic E-state index is 0.314. The maximum atomic E-state index is 4.57. The summed E-state index contributed by atoms with van der Waals surface area (Å²) in [6.45, 7) is 13.2. The molecule has 0 radical (unpaired) electrons. The van der Waals surface area contributed by atoms with Gasteiger partial charge in [-0.05, 0) is 38.7 Å². The van der Waals surface area contributed by atoms with Gasteiger partial charge in [0, 0.05) is 37.9 Å². The molecular weight excluding hydrogens is 358 g/mol. The van der Waals surface area contributed by atoms with Crippen molar-refractivity contribution in [3.8, 4) is 0 Å². The van der Waals surface area contributed by atoms with Crippen LogP contribution in [0.15, 0.2) is 65.7 Å². The molecule has 2 aliphatic carbocycles. The van der Waals surface area contributed by atoms with Crippen LogP contribution in [0.3, 0.4) is 0 Å². The fraction of sp³-hybridized carbons (Fsp3) is 0.542. The van der Waals surface area contributed by atoms with Gasteiger partial charge in [-0.2, -0.15) is 5.10 Å². The van der Waals surface area contributed by atoms with E-state index >= 15 is 0 Å². The molecule has 0 spiro atoms. The molecular formula is C24H35N5. The third kappa shape index (κ3) is 4.35. The quantitative estimate of drug-likeness (QED) is 0.707. The second-order valence-electron chi connectivity index (χ2n) is 8.43. The van der Waals surface area contributed by atoms with Crippen LogP contribution in [0.4, 0.5) is 0 Å². The van der Waals surface area contributed by atoms with Gasteiger partial charge in [0.05, 0.1) is 12.1 Å². The lowest BCUT2D eigenvalue weighted by atomic mass is 10.0.